The summed E-state index contributed by atoms with van der Waals surface area (Å²) in [7, 11) is 0. The first kappa shape index (κ1) is 14.7. The molecule has 114 valence electrons. The van der Waals surface area contributed by atoms with Crippen molar-refractivity contribution >= 4 is 23.2 Å². The molecule has 23 heavy (non-hydrogen) atoms. The molecule has 2 nitrogen and oxygen atoms in total. The Bertz CT molecular complexity index is 906. The number of hydrogen-bond donors (Lipinski definition) is 0. The average Bonchev–Trinajstić information content (AvgIpc) is 2.57. The number of benzene rings is 2. The van der Waals surface area contributed by atoms with Crippen LogP contribution in [0.15, 0.2) is 48.7 Å². The first-order valence-corrected chi connectivity index (χ1v) is 8.26. The van der Waals surface area contributed by atoms with Crippen molar-refractivity contribution in [2.45, 2.75) is 19.3 Å². The highest BCUT2D eigenvalue weighted by atomic mass is 35.5. The molecule has 1 heterocycles. The van der Waals surface area contributed by atoms with Crippen molar-refractivity contribution < 1.29 is 0 Å². The quantitative estimate of drug-likeness (QED) is 0.588. The SMILES string of the molecule is Cc1ncc2c(n1)-c1ccccc1C(c1ccc(Cl)c(Cl)c1)C2. The Morgan fingerprint density at radius 3 is 2.70 bits per heavy atom. The molecule has 0 fully saturated rings. The number of aryl methyl sites for hydroxylation is 1. The van der Waals surface area contributed by atoms with Crippen molar-refractivity contribution in [2.75, 3.05) is 0 Å². The summed E-state index contributed by atoms with van der Waals surface area (Å²) >= 11 is 12.3. The van der Waals surface area contributed by atoms with Crippen LogP contribution < -0.4 is 0 Å². The Morgan fingerprint density at radius 1 is 1.04 bits per heavy atom. The third-order valence-electron chi connectivity index (χ3n) is 4.35. The second-order valence-corrected chi connectivity index (χ2v) is 6.62. The molecule has 0 saturated carbocycles. The van der Waals surface area contributed by atoms with Crippen LogP contribution in [-0.4, -0.2) is 9.97 Å². The van der Waals surface area contributed by atoms with Gasteiger partial charge in [0.2, 0.25) is 0 Å². The van der Waals surface area contributed by atoms with Gasteiger partial charge in [0.1, 0.15) is 5.82 Å². The molecule has 1 atom stereocenters. The van der Waals surface area contributed by atoms with Gasteiger partial charge in [0.05, 0.1) is 15.7 Å². The molecular formula is C19H14Cl2N2. The maximum atomic E-state index is 6.22. The molecule has 1 aliphatic carbocycles. The highest BCUT2D eigenvalue weighted by Gasteiger charge is 2.27. The van der Waals surface area contributed by atoms with Crippen molar-refractivity contribution in [3.05, 3.63) is 81.2 Å². The number of halogens is 2. The van der Waals surface area contributed by atoms with Crippen LogP contribution >= 0.6 is 23.2 Å². The third-order valence-corrected chi connectivity index (χ3v) is 5.09. The normalized spacial score (nSPS) is 15.9. The monoisotopic (exact) mass is 340 g/mol. The van der Waals surface area contributed by atoms with Gasteiger partial charge in [0.15, 0.2) is 0 Å². The lowest BCUT2D eigenvalue weighted by Gasteiger charge is -2.27. The lowest BCUT2D eigenvalue weighted by atomic mass is 9.78. The van der Waals surface area contributed by atoms with Gasteiger partial charge in [-0.1, -0.05) is 53.5 Å². The van der Waals surface area contributed by atoms with Crippen LogP contribution in [0.5, 0.6) is 0 Å². The molecule has 0 N–H and O–H groups in total. The van der Waals surface area contributed by atoms with Crippen LogP contribution in [0.1, 0.15) is 28.4 Å². The number of aromatic nitrogens is 2. The molecule has 0 aliphatic heterocycles. The topological polar surface area (TPSA) is 25.8 Å². The van der Waals surface area contributed by atoms with Gasteiger partial charge in [-0.2, -0.15) is 0 Å². The maximum Gasteiger partial charge on any atom is 0.125 e. The summed E-state index contributed by atoms with van der Waals surface area (Å²) in [5, 5.41) is 1.17. The van der Waals surface area contributed by atoms with Gasteiger partial charge in [0, 0.05) is 17.7 Å². The van der Waals surface area contributed by atoms with E-state index in [0.29, 0.717) is 10.0 Å². The second-order valence-electron chi connectivity index (χ2n) is 5.81. The van der Waals surface area contributed by atoms with Gasteiger partial charge < -0.3 is 0 Å². The van der Waals surface area contributed by atoms with Crippen LogP contribution in [0.4, 0.5) is 0 Å². The molecule has 1 aromatic heterocycles. The minimum absolute atomic E-state index is 0.236. The fourth-order valence-electron chi connectivity index (χ4n) is 3.25. The Hall–Kier alpha value is -1.90. The van der Waals surface area contributed by atoms with E-state index in [2.05, 4.69) is 40.3 Å². The predicted octanol–water partition coefficient (Wildman–Crippen LogP) is 5.45. The Kier molecular flexibility index (Phi) is 3.59. The zero-order valence-electron chi connectivity index (χ0n) is 12.6. The molecule has 3 aromatic rings. The van der Waals surface area contributed by atoms with Crippen molar-refractivity contribution in [1.29, 1.82) is 0 Å². The molecular weight excluding hydrogens is 327 g/mol. The molecule has 0 bridgehead atoms. The Labute approximate surface area is 145 Å². The summed E-state index contributed by atoms with van der Waals surface area (Å²) < 4.78 is 0. The van der Waals surface area contributed by atoms with Crippen LogP contribution in [0.25, 0.3) is 11.3 Å². The van der Waals surface area contributed by atoms with Gasteiger partial charge in [0.25, 0.3) is 0 Å². The minimum Gasteiger partial charge on any atom is -0.241 e. The van der Waals surface area contributed by atoms with E-state index in [4.69, 9.17) is 23.2 Å². The summed E-state index contributed by atoms with van der Waals surface area (Å²) in [5.41, 5.74) is 5.83. The van der Waals surface area contributed by atoms with E-state index in [1.54, 1.807) is 0 Å². The lowest BCUT2D eigenvalue weighted by molar-refractivity contribution is 0.778. The average molecular weight is 341 g/mol. The largest absolute Gasteiger partial charge is 0.241 e. The molecule has 0 radical (unpaired) electrons. The zero-order chi connectivity index (χ0) is 16.0. The number of rotatable bonds is 1. The van der Waals surface area contributed by atoms with Gasteiger partial charge in [-0.05, 0) is 42.2 Å². The maximum absolute atomic E-state index is 6.22. The van der Waals surface area contributed by atoms with Gasteiger partial charge in [-0.3, -0.25) is 0 Å². The van der Waals surface area contributed by atoms with Crippen molar-refractivity contribution in [1.82, 2.24) is 9.97 Å². The number of nitrogens with zero attached hydrogens (tertiary/aromatic N) is 2. The predicted molar refractivity (Wildman–Crippen MR) is 94.2 cm³/mol. The number of hydrogen-bond acceptors (Lipinski definition) is 2. The molecule has 0 saturated heterocycles. The Balaban J connectivity index is 1.90. The van der Waals surface area contributed by atoms with E-state index in [0.717, 1.165) is 23.5 Å². The third kappa shape index (κ3) is 2.52. The summed E-state index contributed by atoms with van der Waals surface area (Å²) in [6, 6.07) is 14.3. The van der Waals surface area contributed by atoms with E-state index < -0.39 is 0 Å². The van der Waals surface area contributed by atoms with E-state index >= 15 is 0 Å². The van der Waals surface area contributed by atoms with Gasteiger partial charge in [-0.15, -0.1) is 0 Å². The highest BCUT2D eigenvalue weighted by Crippen LogP contribution is 2.42. The molecule has 4 rings (SSSR count). The van der Waals surface area contributed by atoms with E-state index in [9.17, 15) is 0 Å². The van der Waals surface area contributed by atoms with Gasteiger partial charge >= 0.3 is 0 Å². The Morgan fingerprint density at radius 2 is 1.87 bits per heavy atom. The molecule has 0 amide bonds. The van der Waals surface area contributed by atoms with Crippen molar-refractivity contribution in [3.8, 4) is 11.3 Å². The van der Waals surface area contributed by atoms with Crippen LogP contribution in [0.3, 0.4) is 0 Å². The van der Waals surface area contributed by atoms with Crippen LogP contribution in [0.2, 0.25) is 10.0 Å². The highest BCUT2D eigenvalue weighted by molar-refractivity contribution is 6.42. The first-order chi connectivity index (χ1) is 11.1. The van der Waals surface area contributed by atoms with Crippen molar-refractivity contribution in [2.24, 2.45) is 0 Å². The van der Waals surface area contributed by atoms with Crippen LogP contribution in [0, 0.1) is 6.92 Å². The summed E-state index contributed by atoms with van der Waals surface area (Å²) in [4.78, 5) is 9.02. The summed E-state index contributed by atoms with van der Waals surface area (Å²) in [5.74, 6) is 1.03. The molecule has 1 unspecified atom stereocenters. The fraction of sp³-hybridized carbons (Fsp3) is 0.158. The molecule has 4 heteroatoms. The number of fused-ring (bicyclic) bond motifs is 3. The second kappa shape index (κ2) is 5.63. The molecule has 0 spiro atoms. The van der Waals surface area contributed by atoms with Crippen LogP contribution in [-0.2, 0) is 6.42 Å². The fourth-order valence-corrected chi connectivity index (χ4v) is 3.56. The first-order valence-electron chi connectivity index (χ1n) is 7.50. The minimum atomic E-state index is 0.236. The van der Waals surface area contributed by atoms with E-state index in [-0.39, 0.29) is 5.92 Å². The molecule has 1 aliphatic rings. The summed E-state index contributed by atoms with van der Waals surface area (Å²) in [6.45, 7) is 1.92. The van der Waals surface area contributed by atoms with Crippen molar-refractivity contribution in [3.63, 3.8) is 0 Å². The zero-order valence-corrected chi connectivity index (χ0v) is 14.1. The summed E-state index contributed by atoms with van der Waals surface area (Å²) in [6.07, 6.45) is 2.81. The van der Waals surface area contributed by atoms with E-state index in [1.165, 1.54) is 16.7 Å². The van der Waals surface area contributed by atoms with E-state index in [1.807, 2.05) is 25.3 Å². The smallest absolute Gasteiger partial charge is 0.125 e. The van der Waals surface area contributed by atoms with Gasteiger partial charge in [-0.25, -0.2) is 9.97 Å². The molecule has 2 aromatic carbocycles. The standard InChI is InChI=1S/C19H14Cl2N2/c1-11-22-10-13-8-16(12-6-7-17(20)18(21)9-12)14-4-2-3-5-15(14)19(13)23-11/h2-7,9-10,16H,8H2,1H3. The lowest BCUT2D eigenvalue weighted by Crippen LogP contribution is -2.14.